The number of halogens is 1. The van der Waals surface area contributed by atoms with Crippen LogP contribution in [0.3, 0.4) is 0 Å². The minimum Gasteiger partial charge on any atom is -0.324 e. The maximum absolute atomic E-state index is 12.5. The fraction of sp³-hybridized carbons (Fsp3) is 0.167. The lowest BCUT2D eigenvalue weighted by atomic mass is 9.82. The maximum Gasteiger partial charge on any atom is 0.261 e. The summed E-state index contributed by atoms with van der Waals surface area (Å²) in [6.07, 6.45) is 6.49. The SMILES string of the molecule is CC(=O)c1ccc(C2=C(I)C(=O)N(C)C23C=CC(=O)C=C3)cc1. The van der Waals surface area contributed by atoms with Crippen molar-refractivity contribution >= 4 is 45.6 Å². The molecular weight excluding hydrogens is 405 g/mol. The van der Waals surface area contributed by atoms with Crippen molar-refractivity contribution in [3.05, 3.63) is 63.3 Å². The van der Waals surface area contributed by atoms with E-state index in [0.717, 1.165) is 11.1 Å². The first-order valence-corrected chi connectivity index (χ1v) is 8.17. The lowest BCUT2D eigenvalue weighted by Gasteiger charge is -2.34. The molecule has 116 valence electrons. The Morgan fingerprint density at radius 1 is 1.09 bits per heavy atom. The second-order valence-electron chi connectivity index (χ2n) is 5.58. The standard InChI is InChI=1S/C18H14INO3/c1-11(21)12-3-5-13(6-4-12)15-16(19)17(23)20(2)18(15)9-7-14(22)8-10-18/h3-10H,1-2H3. The van der Waals surface area contributed by atoms with Crippen LogP contribution in [0.25, 0.3) is 5.57 Å². The predicted octanol–water partition coefficient (Wildman–Crippen LogP) is 2.94. The number of ketones is 2. The summed E-state index contributed by atoms with van der Waals surface area (Å²) in [6, 6.07) is 7.20. The summed E-state index contributed by atoms with van der Waals surface area (Å²) < 4.78 is 0.615. The lowest BCUT2D eigenvalue weighted by Crippen LogP contribution is -2.43. The van der Waals surface area contributed by atoms with Crippen molar-refractivity contribution < 1.29 is 14.4 Å². The van der Waals surface area contributed by atoms with E-state index in [1.54, 1.807) is 36.2 Å². The minimum atomic E-state index is -0.751. The van der Waals surface area contributed by atoms with E-state index < -0.39 is 5.54 Å². The van der Waals surface area contributed by atoms with Crippen LogP contribution >= 0.6 is 22.6 Å². The van der Waals surface area contributed by atoms with Crippen molar-refractivity contribution in [2.24, 2.45) is 0 Å². The molecule has 4 nitrogen and oxygen atoms in total. The monoisotopic (exact) mass is 419 g/mol. The van der Waals surface area contributed by atoms with Crippen molar-refractivity contribution in [1.29, 1.82) is 0 Å². The van der Waals surface area contributed by atoms with Gasteiger partial charge in [-0.25, -0.2) is 0 Å². The fourth-order valence-electron chi connectivity index (χ4n) is 2.91. The van der Waals surface area contributed by atoms with Gasteiger partial charge in [-0.3, -0.25) is 14.4 Å². The van der Waals surface area contributed by atoms with E-state index in [1.165, 1.54) is 19.1 Å². The van der Waals surface area contributed by atoms with Gasteiger partial charge >= 0.3 is 0 Å². The third-order valence-electron chi connectivity index (χ3n) is 4.25. The normalized spacial score (nSPS) is 19.2. The van der Waals surface area contributed by atoms with Gasteiger partial charge in [0.25, 0.3) is 5.91 Å². The molecule has 0 aromatic heterocycles. The molecule has 0 N–H and O–H groups in total. The average molecular weight is 419 g/mol. The van der Waals surface area contributed by atoms with Gasteiger partial charge in [-0.15, -0.1) is 0 Å². The molecule has 1 aromatic carbocycles. The number of hydrogen-bond donors (Lipinski definition) is 0. The zero-order valence-corrected chi connectivity index (χ0v) is 14.8. The molecule has 1 heterocycles. The van der Waals surface area contributed by atoms with Crippen molar-refractivity contribution in [2.75, 3.05) is 7.05 Å². The molecule has 5 heteroatoms. The Bertz CT molecular complexity index is 799. The number of amides is 1. The molecular formula is C18H14INO3. The van der Waals surface area contributed by atoms with Crippen LogP contribution in [0.4, 0.5) is 0 Å². The maximum atomic E-state index is 12.5. The summed E-state index contributed by atoms with van der Waals surface area (Å²) in [5, 5.41) is 0. The second-order valence-corrected chi connectivity index (χ2v) is 6.66. The van der Waals surface area contributed by atoms with Crippen LogP contribution in [0, 0.1) is 0 Å². The van der Waals surface area contributed by atoms with Crippen LogP contribution in [0.1, 0.15) is 22.8 Å². The van der Waals surface area contributed by atoms with Gasteiger partial charge in [-0.05, 0) is 59.4 Å². The third-order valence-corrected chi connectivity index (χ3v) is 5.25. The van der Waals surface area contributed by atoms with Crippen molar-refractivity contribution in [3.8, 4) is 0 Å². The highest BCUT2D eigenvalue weighted by Crippen LogP contribution is 2.46. The van der Waals surface area contributed by atoms with E-state index in [2.05, 4.69) is 0 Å². The fourth-order valence-corrected chi connectivity index (χ4v) is 4.02. The van der Waals surface area contributed by atoms with Gasteiger partial charge in [0.05, 0.1) is 3.58 Å². The highest BCUT2D eigenvalue weighted by atomic mass is 127. The number of Topliss-reactive ketones (excluding diaryl/α,β-unsaturated/α-hetero) is 1. The largest absolute Gasteiger partial charge is 0.324 e. The van der Waals surface area contributed by atoms with Crippen LogP contribution in [-0.4, -0.2) is 35.0 Å². The molecule has 2 aliphatic rings. The smallest absolute Gasteiger partial charge is 0.261 e. The van der Waals surface area contributed by atoms with Gasteiger partial charge in [0.1, 0.15) is 5.54 Å². The first-order chi connectivity index (χ1) is 10.9. The molecule has 0 saturated carbocycles. The molecule has 0 bridgehead atoms. The van der Waals surface area contributed by atoms with Crippen LogP contribution in [-0.2, 0) is 9.59 Å². The van der Waals surface area contributed by atoms with Crippen molar-refractivity contribution in [2.45, 2.75) is 12.5 Å². The van der Waals surface area contributed by atoms with Gasteiger partial charge in [0, 0.05) is 18.2 Å². The third kappa shape index (κ3) is 2.39. The zero-order chi connectivity index (χ0) is 16.8. The number of nitrogens with zero attached hydrogens (tertiary/aromatic N) is 1. The van der Waals surface area contributed by atoms with Crippen molar-refractivity contribution in [3.63, 3.8) is 0 Å². The summed E-state index contributed by atoms with van der Waals surface area (Å²) in [5.74, 6) is -0.179. The summed E-state index contributed by atoms with van der Waals surface area (Å²) in [4.78, 5) is 37.0. The van der Waals surface area contributed by atoms with Crippen LogP contribution in [0.15, 0.2) is 52.1 Å². The summed E-state index contributed by atoms with van der Waals surface area (Å²) in [5.41, 5.74) is 1.57. The zero-order valence-electron chi connectivity index (χ0n) is 12.7. The molecule has 0 saturated heterocycles. The number of hydrogen-bond acceptors (Lipinski definition) is 3. The van der Waals surface area contributed by atoms with Gasteiger partial charge in [0.2, 0.25) is 0 Å². The molecule has 0 atom stereocenters. The number of carbonyl (C=O) groups excluding carboxylic acids is 3. The molecule has 0 unspecified atom stereocenters. The molecule has 0 radical (unpaired) electrons. The summed E-state index contributed by atoms with van der Waals surface area (Å²) in [6.45, 7) is 1.52. The highest BCUT2D eigenvalue weighted by Gasteiger charge is 2.47. The first kappa shape index (κ1) is 15.9. The Morgan fingerprint density at radius 3 is 2.17 bits per heavy atom. The molecule has 1 aliphatic carbocycles. The van der Waals surface area contributed by atoms with E-state index >= 15 is 0 Å². The van der Waals surface area contributed by atoms with E-state index in [-0.39, 0.29) is 17.5 Å². The lowest BCUT2D eigenvalue weighted by molar-refractivity contribution is -0.125. The second kappa shape index (κ2) is 5.56. The first-order valence-electron chi connectivity index (χ1n) is 7.09. The molecule has 3 rings (SSSR count). The van der Waals surface area contributed by atoms with Gasteiger partial charge in [-0.2, -0.15) is 0 Å². The molecule has 23 heavy (non-hydrogen) atoms. The topological polar surface area (TPSA) is 54.5 Å². The van der Waals surface area contributed by atoms with Gasteiger partial charge < -0.3 is 4.90 Å². The van der Waals surface area contributed by atoms with E-state index in [1.807, 2.05) is 34.7 Å². The van der Waals surface area contributed by atoms with E-state index in [0.29, 0.717) is 9.14 Å². The Hall–Kier alpha value is -2.02. The van der Waals surface area contributed by atoms with E-state index in [4.69, 9.17) is 0 Å². The van der Waals surface area contributed by atoms with Gasteiger partial charge in [-0.1, -0.05) is 24.3 Å². The van der Waals surface area contributed by atoms with Crippen LogP contribution in [0.5, 0.6) is 0 Å². The molecule has 1 amide bonds. The Labute approximate surface area is 147 Å². The summed E-state index contributed by atoms with van der Waals surface area (Å²) >= 11 is 2.05. The number of allylic oxidation sites excluding steroid dienone is 2. The number of rotatable bonds is 2. The highest BCUT2D eigenvalue weighted by molar-refractivity contribution is 14.1. The minimum absolute atomic E-state index is 0.00221. The Balaban J connectivity index is 2.16. The summed E-state index contributed by atoms with van der Waals surface area (Å²) in [7, 11) is 1.72. The molecule has 1 aliphatic heterocycles. The molecule has 1 spiro atoms. The van der Waals surface area contributed by atoms with Crippen LogP contribution in [0.2, 0.25) is 0 Å². The predicted molar refractivity (Wildman–Crippen MR) is 96.2 cm³/mol. The number of benzene rings is 1. The average Bonchev–Trinajstić information content (AvgIpc) is 2.72. The van der Waals surface area contributed by atoms with Crippen LogP contribution < -0.4 is 0 Å². The Kier molecular flexibility index (Phi) is 3.83. The van der Waals surface area contributed by atoms with Gasteiger partial charge in [0.15, 0.2) is 11.6 Å². The molecule has 0 fully saturated rings. The quantitative estimate of drug-likeness (QED) is 0.547. The Morgan fingerprint density at radius 2 is 1.65 bits per heavy atom. The van der Waals surface area contributed by atoms with E-state index in [9.17, 15) is 14.4 Å². The number of likely N-dealkylation sites (N-methyl/N-ethyl adjacent to an activating group) is 1. The van der Waals surface area contributed by atoms with Crippen molar-refractivity contribution in [1.82, 2.24) is 4.90 Å². The number of carbonyl (C=O) groups is 3. The molecule has 1 aromatic rings.